The number of methoxy groups -OCH3 is 1. The van der Waals surface area contributed by atoms with Gasteiger partial charge in [-0.2, -0.15) is 0 Å². The zero-order valence-corrected chi connectivity index (χ0v) is 11.5. The van der Waals surface area contributed by atoms with Crippen LogP contribution in [0.5, 0.6) is 11.5 Å². The Bertz CT molecular complexity index is 582. The molecule has 4 heteroatoms. The Kier molecular flexibility index (Phi) is 4.58. The van der Waals surface area contributed by atoms with Crippen molar-refractivity contribution in [3.05, 3.63) is 59.4 Å². The lowest BCUT2D eigenvalue weighted by molar-refractivity contribution is 0.198. The standard InChI is InChI=1S/C16H17FO3/c1-11(18)12-7-8-15(19-2)13(9-12)10-20-16-6-4-3-5-14(16)17/h3-9,11,18H,10H2,1-2H3. The number of ether oxygens (including phenoxy) is 2. The van der Waals surface area contributed by atoms with Crippen LogP contribution >= 0.6 is 0 Å². The summed E-state index contributed by atoms with van der Waals surface area (Å²) in [5, 5.41) is 9.60. The summed E-state index contributed by atoms with van der Waals surface area (Å²) in [5.74, 6) is 0.431. The Morgan fingerprint density at radius 3 is 2.55 bits per heavy atom. The van der Waals surface area contributed by atoms with E-state index in [0.29, 0.717) is 5.75 Å². The Morgan fingerprint density at radius 1 is 1.15 bits per heavy atom. The molecule has 20 heavy (non-hydrogen) atoms. The van der Waals surface area contributed by atoms with E-state index in [0.717, 1.165) is 11.1 Å². The van der Waals surface area contributed by atoms with Gasteiger partial charge < -0.3 is 14.6 Å². The van der Waals surface area contributed by atoms with E-state index in [2.05, 4.69) is 0 Å². The minimum absolute atomic E-state index is 0.171. The van der Waals surface area contributed by atoms with Crippen LogP contribution in [0.15, 0.2) is 42.5 Å². The SMILES string of the molecule is COc1ccc(C(C)O)cc1COc1ccccc1F. The average Bonchev–Trinajstić information content (AvgIpc) is 2.46. The first-order valence-electron chi connectivity index (χ1n) is 6.34. The van der Waals surface area contributed by atoms with Gasteiger partial charge in [-0.05, 0) is 36.8 Å². The number of aliphatic hydroxyl groups excluding tert-OH is 1. The van der Waals surface area contributed by atoms with E-state index in [1.807, 2.05) is 0 Å². The Hall–Kier alpha value is -2.07. The molecule has 0 aromatic heterocycles. The third-order valence-corrected chi connectivity index (χ3v) is 3.01. The predicted molar refractivity (Wildman–Crippen MR) is 74.4 cm³/mol. The summed E-state index contributed by atoms with van der Waals surface area (Å²) >= 11 is 0. The van der Waals surface area contributed by atoms with Crippen molar-refractivity contribution in [3.63, 3.8) is 0 Å². The van der Waals surface area contributed by atoms with Gasteiger partial charge in [0, 0.05) is 5.56 Å². The Labute approximate surface area is 117 Å². The van der Waals surface area contributed by atoms with E-state index >= 15 is 0 Å². The molecule has 2 aromatic carbocycles. The topological polar surface area (TPSA) is 38.7 Å². The number of aliphatic hydroxyl groups is 1. The van der Waals surface area contributed by atoms with E-state index in [1.54, 1.807) is 50.4 Å². The molecule has 1 unspecified atom stereocenters. The van der Waals surface area contributed by atoms with Crippen LogP contribution in [0.1, 0.15) is 24.2 Å². The zero-order valence-electron chi connectivity index (χ0n) is 11.5. The zero-order chi connectivity index (χ0) is 14.5. The van der Waals surface area contributed by atoms with Gasteiger partial charge in [0.1, 0.15) is 12.4 Å². The average molecular weight is 276 g/mol. The first-order chi connectivity index (χ1) is 9.61. The molecule has 3 nitrogen and oxygen atoms in total. The molecule has 0 spiro atoms. The lowest BCUT2D eigenvalue weighted by Gasteiger charge is -2.13. The first kappa shape index (κ1) is 14.3. The molecule has 0 fully saturated rings. The highest BCUT2D eigenvalue weighted by molar-refractivity contribution is 5.38. The number of benzene rings is 2. The van der Waals surface area contributed by atoms with Gasteiger partial charge >= 0.3 is 0 Å². The summed E-state index contributed by atoms with van der Waals surface area (Å²) in [7, 11) is 1.56. The van der Waals surface area contributed by atoms with Crippen LogP contribution in [0.4, 0.5) is 4.39 Å². The molecule has 1 atom stereocenters. The second-order valence-electron chi connectivity index (χ2n) is 4.47. The number of para-hydroxylation sites is 1. The second kappa shape index (κ2) is 6.39. The van der Waals surface area contributed by atoms with Crippen LogP contribution in [0, 0.1) is 5.82 Å². The normalized spacial score (nSPS) is 12.0. The van der Waals surface area contributed by atoms with Crippen molar-refractivity contribution in [1.82, 2.24) is 0 Å². The lowest BCUT2D eigenvalue weighted by atomic mass is 10.1. The van der Waals surface area contributed by atoms with Crippen LogP contribution in [0.2, 0.25) is 0 Å². The van der Waals surface area contributed by atoms with Crippen molar-refractivity contribution >= 4 is 0 Å². The quantitative estimate of drug-likeness (QED) is 0.908. The van der Waals surface area contributed by atoms with Crippen molar-refractivity contribution in [2.45, 2.75) is 19.6 Å². The summed E-state index contributed by atoms with van der Waals surface area (Å²) in [6.45, 7) is 1.86. The summed E-state index contributed by atoms with van der Waals surface area (Å²) < 4.78 is 24.2. The van der Waals surface area contributed by atoms with Crippen LogP contribution in [0.3, 0.4) is 0 Å². The van der Waals surface area contributed by atoms with Crippen LogP contribution in [0.25, 0.3) is 0 Å². The largest absolute Gasteiger partial charge is 0.496 e. The molecule has 106 valence electrons. The van der Waals surface area contributed by atoms with Gasteiger partial charge in [0.25, 0.3) is 0 Å². The molecule has 2 aromatic rings. The van der Waals surface area contributed by atoms with E-state index in [9.17, 15) is 9.50 Å². The maximum atomic E-state index is 13.5. The molecular formula is C16H17FO3. The highest BCUT2D eigenvalue weighted by Crippen LogP contribution is 2.25. The minimum Gasteiger partial charge on any atom is -0.496 e. The van der Waals surface area contributed by atoms with Gasteiger partial charge in [-0.3, -0.25) is 0 Å². The fraction of sp³-hybridized carbons (Fsp3) is 0.250. The number of hydrogen-bond donors (Lipinski definition) is 1. The highest BCUT2D eigenvalue weighted by atomic mass is 19.1. The van der Waals surface area contributed by atoms with Gasteiger partial charge in [-0.25, -0.2) is 4.39 Å². The van der Waals surface area contributed by atoms with Crippen LogP contribution in [-0.4, -0.2) is 12.2 Å². The molecule has 0 aliphatic heterocycles. The van der Waals surface area contributed by atoms with Crippen molar-refractivity contribution in [3.8, 4) is 11.5 Å². The molecule has 1 N–H and O–H groups in total. The maximum Gasteiger partial charge on any atom is 0.165 e. The molecule has 0 amide bonds. The third kappa shape index (κ3) is 3.27. The molecular weight excluding hydrogens is 259 g/mol. The van der Waals surface area contributed by atoms with E-state index < -0.39 is 11.9 Å². The molecule has 0 heterocycles. The molecule has 0 radical (unpaired) electrons. The van der Waals surface area contributed by atoms with E-state index in [-0.39, 0.29) is 12.4 Å². The highest BCUT2D eigenvalue weighted by Gasteiger charge is 2.09. The Morgan fingerprint density at radius 2 is 1.90 bits per heavy atom. The number of rotatable bonds is 5. The molecule has 0 saturated heterocycles. The third-order valence-electron chi connectivity index (χ3n) is 3.01. The van der Waals surface area contributed by atoms with Crippen molar-refractivity contribution in [1.29, 1.82) is 0 Å². The summed E-state index contributed by atoms with van der Waals surface area (Å²) in [5.41, 5.74) is 1.52. The smallest absolute Gasteiger partial charge is 0.165 e. The maximum absolute atomic E-state index is 13.5. The van der Waals surface area contributed by atoms with Crippen LogP contribution in [-0.2, 0) is 6.61 Å². The van der Waals surface area contributed by atoms with E-state index in [4.69, 9.17) is 9.47 Å². The van der Waals surface area contributed by atoms with Crippen molar-refractivity contribution in [2.24, 2.45) is 0 Å². The minimum atomic E-state index is -0.576. The summed E-state index contributed by atoms with van der Waals surface area (Å²) in [6.07, 6.45) is -0.576. The molecule has 2 rings (SSSR count). The van der Waals surface area contributed by atoms with Gasteiger partial charge in [0.2, 0.25) is 0 Å². The lowest BCUT2D eigenvalue weighted by Crippen LogP contribution is -2.02. The fourth-order valence-electron chi connectivity index (χ4n) is 1.89. The van der Waals surface area contributed by atoms with Gasteiger partial charge in [0.15, 0.2) is 11.6 Å². The molecule has 0 bridgehead atoms. The second-order valence-corrected chi connectivity index (χ2v) is 4.47. The molecule has 0 aliphatic rings. The number of hydrogen-bond acceptors (Lipinski definition) is 3. The first-order valence-corrected chi connectivity index (χ1v) is 6.34. The van der Waals surface area contributed by atoms with Gasteiger partial charge in [0.05, 0.1) is 13.2 Å². The Balaban J connectivity index is 2.19. The summed E-state index contributed by atoms with van der Waals surface area (Å²) in [4.78, 5) is 0. The monoisotopic (exact) mass is 276 g/mol. The summed E-state index contributed by atoms with van der Waals surface area (Å²) in [6, 6.07) is 11.6. The molecule has 0 aliphatic carbocycles. The number of halogens is 1. The molecule has 0 saturated carbocycles. The van der Waals surface area contributed by atoms with Crippen molar-refractivity contribution in [2.75, 3.05) is 7.11 Å². The van der Waals surface area contributed by atoms with E-state index in [1.165, 1.54) is 6.07 Å². The fourth-order valence-corrected chi connectivity index (χ4v) is 1.89. The van der Waals surface area contributed by atoms with Gasteiger partial charge in [-0.1, -0.05) is 18.2 Å². The van der Waals surface area contributed by atoms with Crippen LogP contribution < -0.4 is 9.47 Å². The predicted octanol–water partition coefficient (Wildman–Crippen LogP) is 3.47. The van der Waals surface area contributed by atoms with Gasteiger partial charge in [-0.15, -0.1) is 0 Å². The van der Waals surface area contributed by atoms with Crippen molar-refractivity contribution < 1.29 is 19.0 Å².